The van der Waals surface area contributed by atoms with Crippen molar-refractivity contribution in [3.63, 3.8) is 0 Å². The molecule has 1 fully saturated rings. The Hall–Kier alpha value is -1.22. The lowest BCUT2D eigenvalue weighted by Gasteiger charge is -2.21. The van der Waals surface area contributed by atoms with Crippen LogP contribution < -0.4 is 0 Å². The topological polar surface area (TPSA) is 57.7 Å². The highest BCUT2D eigenvalue weighted by molar-refractivity contribution is 7.91. The Bertz CT molecular complexity index is 781. The number of hydrogen-bond acceptors (Lipinski definition) is 5. The van der Waals surface area contributed by atoms with E-state index in [4.69, 9.17) is 0 Å². The van der Waals surface area contributed by atoms with Crippen LogP contribution in [-0.4, -0.2) is 49.7 Å². The summed E-state index contributed by atoms with van der Waals surface area (Å²) >= 11 is 2.71. The predicted molar refractivity (Wildman–Crippen MR) is 92.7 cm³/mol. The van der Waals surface area contributed by atoms with E-state index < -0.39 is 10.0 Å². The van der Waals surface area contributed by atoms with Crippen LogP contribution >= 0.6 is 22.7 Å². The first-order chi connectivity index (χ1) is 11.0. The zero-order chi connectivity index (χ0) is 16.4. The molecule has 1 aliphatic heterocycles. The SMILES string of the molecule is Cc1ccc(S(=O)(=O)N2CCCN(C(=O)c3cccs3)CC2)s1. The molecule has 23 heavy (non-hydrogen) atoms. The van der Waals surface area contributed by atoms with Crippen molar-refractivity contribution in [3.05, 3.63) is 39.4 Å². The molecule has 0 bridgehead atoms. The van der Waals surface area contributed by atoms with Crippen molar-refractivity contribution in [3.8, 4) is 0 Å². The third kappa shape index (κ3) is 3.50. The second kappa shape index (κ2) is 6.72. The lowest BCUT2D eigenvalue weighted by molar-refractivity contribution is 0.0769. The molecule has 1 aliphatic rings. The molecule has 1 amide bonds. The molecule has 124 valence electrons. The first-order valence-electron chi connectivity index (χ1n) is 7.38. The minimum Gasteiger partial charge on any atom is -0.337 e. The Kier molecular flexibility index (Phi) is 4.86. The fourth-order valence-electron chi connectivity index (χ4n) is 2.57. The van der Waals surface area contributed by atoms with E-state index in [0.29, 0.717) is 41.7 Å². The molecule has 0 saturated carbocycles. The van der Waals surface area contributed by atoms with Gasteiger partial charge in [0.15, 0.2) is 0 Å². The molecular weight excluding hydrogens is 352 g/mol. The number of rotatable bonds is 3. The van der Waals surface area contributed by atoms with Crippen LogP contribution in [-0.2, 0) is 10.0 Å². The monoisotopic (exact) mass is 370 g/mol. The molecule has 0 spiro atoms. The van der Waals surface area contributed by atoms with E-state index in [1.54, 1.807) is 17.0 Å². The van der Waals surface area contributed by atoms with Gasteiger partial charge >= 0.3 is 0 Å². The van der Waals surface area contributed by atoms with Gasteiger partial charge in [0.2, 0.25) is 0 Å². The van der Waals surface area contributed by atoms with Crippen molar-refractivity contribution >= 4 is 38.6 Å². The number of carbonyl (C=O) groups excluding carboxylic acids is 1. The van der Waals surface area contributed by atoms with Crippen molar-refractivity contribution in [2.45, 2.75) is 17.6 Å². The molecule has 0 atom stereocenters. The largest absolute Gasteiger partial charge is 0.337 e. The molecular formula is C15H18N2O3S3. The first-order valence-corrected chi connectivity index (χ1v) is 10.5. The number of carbonyl (C=O) groups is 1. The van der Waals surface area contributed by atoms with Gasteiger partial charge in [0.25, 0.3) is 15.9 Å². The van der Waals surface area contributed by atoms with Gasteiger partial charge in [0.05, 0.1) is 4.88 Å². The quantitative estimate of drug-likeness (QED) is 0.835. The maximum absolute atomic E-state index is 12.7. The number of hydrogen-bond donors (Lipinski definition) is 0. The van der Waals surface area contributed by atoms with Gasteiger partial charge < -0.3 is 4.90 Å². The number of aryl methyl sites for hydroxylation is 1. The fraction of sp³-hybridized carbons (Fsp3) is 0.400. The van der Waals surface area contributed by atoms with E-state index in [0.717, 1.165) is 4.88 Å². The highest BCUT2D eigenvalue weighted by atomic mass is 32.2. The Morgan fingerprint density at radius 2 is 1.96 bits per heavy atom. The zero-order valence-corrected chi connectivity index (χ0v) is 15.2. The Balaban J connectivity index is 1.72. The van der Waals surface area contributed by atoms with E-state index in [-0.39, 0.29) is 5.91 Å². The number of nitrogens with zero attached hydrogens (tertiary/aromatic N) is 2. The van der Waals surface area contributed by atoms with Gasteiger partial charge in [-0.25, -0.2) is 8.42 Å². The van der Waals surface area contributed by atoms with Crippen LogP contribution in [0.4, 0.5) is 0 Å². The smallest absolute Gasteiger partial charge is 0.263 e. The third-order valence-electron chi connectivity index (χ3n) is 3.78. The van der Waals surface area contributed by atoms with Crippen molar-refractivity contribution in [1.29, 1.82) is 0 Å². The number of sulfonamides is 1. The summed E-state index contributed by atoms with van der Waals surface area (Å²) in [7, 11) is -3.45. The Labute approximate surface area is 144 Å². The minimum absolute atomic E-state index is 0.00813. The van der Waals surface area contributed by atoms with Gasteiger partial charge in [-0.1, -0.05) is 6.07 Å². The van der Waals surface area contributed by atoms with E-state index >= 15 is 0 Å². The third-order valence-corrected chi connectivity index (χ3v) is 8.01. The molecule has 3 rings (SSSR count). The zero-order valence-electron chi connectivity index (χ0n) is 12.8. The summed E-state index contributed by atoms with van der Waals surface area (Å²) < 4.78 is 27.3. The van der Waals surface area contributed by atoms with Crippen LogP contribution in [0.5, 0.6) is 0 Å². The summed E-state index contributed by atoms with van der Waals surface area (Å²) in [5.74, 6) is -0.00813. The van der Waals surface area contributed by atoms with Crippen molar-refractivity contribution < 1.29 is 13.2 Å². The van der Waals surface area contributed by atoms with E-state index in [1.807, 2.05) is 24.4 Å². The predicted octanol–water partition coefficient (Wildman–Crippen LogP) is 2.65. The van der Waals surface area contributed by atoms with E-state index in [9.17, 15) is 13.2 Å². The van der Waals surface area contributed by atoms with Gasteiger partial charge in [-0.3, -0.25) is 4.79 Å². The Morgan fingerprint density at radius 3 is 2.61 bits per heavy atom. The molecule has 0 unspecified atom stereocenters. The maximum atomic E-state index is 12.7. The summed E-state index contributed by atoms with van der Waals surface area (Å²) in [5, 5.41) is 1.88. The van der Waals surface area contributed by atoms with Crippen LogP contribution in [0.25, 0.3) is 0 Å². The molecule has 8 heteroatoms. The van der Waals surface area contributed by atoms with E-state index in [1.165, 1.54) is 27.0 Å². The normalized spacial score (nSPS) is 17.2. The van der Waals surface area contributed by atoms with Gasteiger partial charge in [0.1, 0.15) is 4.21 Å². The fourth-order valence-corrected chi connectivity index (χ4v) is 6.17. The summed E-state index contributed by atoms with van der Waals surface area (Å²) in [4.78, 5) is 15.8. The van der Waals surface area contributed by atoms with Gasteiger partial charge in [-0.05, 0) is 36.9 Å². The van der Waals surface area contributed by atoms with E-state index in [2.05, 4.69) is 0 Å². The molecule has 0 aromatic carbocycles. The van der Waals surface area contributed by atoms with Crippen LogP contribution in [0, 0.1) is 6.92 Å². The summed E-state index contributed by atoms with van der Waals surface area (Å²) in [5.41, 5.74) is 0. The molecule has 0 N–H and O–H groups in total. The highest BCUT2D eigenvalue weighted by Crippen LogP contribution is 2.25. The Morgan fingerprint density at radius 1 is 1.13 bits per heavy atom. The van der Waals surface area contributed by atoms with Gasteiger partial charge in [-0.2, -0.15) is 4.31 Å². The minimum atomic E-state index is -3.45. The van der Waals surface area contributed by atoms with Crippen LogP contribution in [0.1, 0.15) is 21.0 Å². The highest BCUT2D eigenvalue weighted by Gasteiger charge is 2.29. The molecule has 1 saturated heterocycles. The molecule has 0 radical (unpaired) electrons. The van der Waals surface area contributed by atoms with Gasteiger partial charge in [0, 0.05) is 31.1 Å². The molecule has 2 aromatic rings. The molecule has 3 heterocycles. The second-order valence-corrected chi connectivity index (χ2v) is 9.79. The summed E-state index contributed by atoms with van der Waals surface area (Å²) in [6.07, 6.45) is 0.653. The lowest BCUT2D eigenvalue weighted by Crippen LogP contribution is -2.36. The first kappa shape index (κ1) is 16.6. The van der Waals surface area contributed by atoms with Gasteiger partial charge in [-0.15, -0.1) is 22.7 Å². The lowest BCUT2D eigenvalue weighted by atomic mass is 10.3. The van der Waals surface area contributed by atoms with Crippen LogP contribution in [0.15, 0.2) is 33.9 Å². The molecule has 2 aromatic heterocycles. The number of thiophene rings is 2. The average Bonchev–Trinajstić information content (AvgIpc) is 3.13. The molecule has 5 nitrogen and oxygen atoms in total. The second-order valence-electron chi connectivity index (χ2n) is 5.39. The summed E-state index contributed by atoms with van der Waals surface area (Å²) in [6, 6.07) is 7.14. The van der Waals surface area contributed by atoms with Crippen LogP contribution in [0.3, 0.4) is 0 Å². The average molecular weight is 371 g/mol. The van der Waals surface area contributed by atoms with Crippen LogP contribution in [0.2, 0.25) is 0 Å². The standard InChI is InChI=1S/C15H18N2O3S3/c1-12-5-6-14(22-12)23(19,20)17-8-3-7-16(9-10-17)15(18)13-4-2-11-21-13/h2,4-6,11H,3,7-10H2,1H3. The van der Waals surface area contributed by atoms with Crippen molar-refractivity contribution in [1.82, 2.24) is 9.21 Å². The van der Waals surface area contributed by atoms with Crippen molar-refractivity contribution in [2.24, 2.45) is 0 Å². The van der Waals surface area contributed by atoms with Crippen molar-refractivity contribution in [2.75, 3.05) is 26.2 Å². The molecule has 0 aliphatic carbocycles. The maximum Gasteiger partial charge on any atom is 0.263 e. The summed E-state index contributed by atoms with van der Waals surface area (Å²) in [6.45, 7) is 3.71. The number of amides is 1.